The quantitative estimate of drug-likeness (QED) is 0.214. The highest BCUT2D eigenvalue weighted by Gasteiger charge is 2.35. The monoisotopic (exact) mass is 490 g/mol. The molecular formula is C26H22N2O8. The molecule has 2 aliphatic rings. The van der Waals surface area contributed by atoms with Crippen molar-refractivity contribution in [3.05, 3.63) is 82.9 Å². The van der Waals surface area contributed by atoms with E-state index >= 15 is 0 Å². The Morgan fingerprint density at radius 3 is 1.19 bits per heavy atom. The smallest absolute Gasteiger partial charge is 0.331 e. The Kier molecular flexibility index (Phi) is 7.33. The molecule has 0 saturated carbocycles. The standard InChI is InChI=1S/C26H22N2O8/c29-21(35-15-5-13-27-23(31)17-7-1-2-8-18(17)24(27)32)11-12-22(30)36-16-6-14-28-25(33)19-9-3-4-10-20(19)26(28)34/h1-4,7-12H,5-6,13-16H2/b12-11+. The van der Waals surface area contributed by atoms with E-state index in [2.05, 4.69) is 0 Å². The average Bonchev–Trinajstić information content (AvgIpc) is 3.28. The molecule has 36 heavy (non-hydrogen) atoms. The first-order chi connectivity index (χ1) is 17.4. The van der Waals surface area contributed by atoms with Crippen LogP contribution in [0.3, 0.4) is 0 Å². The Labute approximate surface area is 206 Å². The number of carbonyl (C=O) groups is 6. The van der Waals surface area contributed by atoms with E-state index in [0.29, 0.717) is 22.3 Å². The topological polar surface area (TPSA) is 127 Å². The molecule has 4 rings (SSSR count). The van der Waals surface area contributed by atoms with Gasteiger partial charge in [-0.25, -0.2) is 9.59 Å². The first-order valence-electron chi connectivity index (χ1n) is 11.3. The molecule has 0 aliphatic carbocycles. The van der Waals surface area contributed by atoms with E-state index in [1.165, 1.54) is 0 Å². The number of carbonyl (C=O) groups excluding carboxylic acids is 6. The largest absolute Gasteiger partial charge is 0.462 e. The highest BCUT2D eigenvalue weighted by atomic mass is 16.5. The number of esters is 2. The van der Waals surface area contributed by atoms with Crippen molar-refractivity contribution in [1.29, 1.82) is 0 Å². The summed E-state index contributed by atoms with van der Waals surface area (Å²) in [5.41, 5.74) is 1.41. The van der Waals surface area contributed by atoms with Crippen molar-refractivity contribution < 1.29 is 38.2 Å². The van der Waals surface area contributed by atoms with Crippen molar-refractivity contribution in [2.24, 2.45) is 0 Å². The van der Waals surface area contributed by atoms with Crippen LogP contribution >= 0.6 is 0 Å². The Morgan fingerprint density at radius 1 is 0.583 bits per heavy atom. The zero-order valence-corrected chi connectivity index (χ0v) is 19.2. The fourth-order valence-electron chi connectivity index (χ4n) is 3.91. The van der Waals surface area contributed by atoms with Crippen molar-refractivity contribution >= 4 is 35.6 Å². The molecule has 0 atom stereocenters. The van der Waals surface area contributed by atoms with Gasteiger partial charge in [-0.2, -0.15) is 0 Å². The van der Waals surface area contributed by atoms with Crippen molar-refractivity contribution in [2.75, 3.05) is 26.3 Å². The van der Waals surface area contributed by atoms with Crippen LogP contribution in [0.15, 0.2) is 60.7 Å². The fraction of sp³-hybridized carbons (Fsp3) is 0.231. The molecule has 0 unspecified atom stereocenters. The maximum atomic E-state index is 12.3. The summed E-state index contributed by atoms with van der Waals surface area (Å²) in [6.07, 6.45) is 2.31. The maximum Gasteiger partial charge on any atom is 0.331 e. The molecule has 2 heterocycles. The Balaban J connectivity index is 1.11. The van der Waals surface area contributed by atoms with E-state index in [-0.39, 0.29) is 62.8 Å². The van der Waals surface area contributed by atoms with E-state index < -0.39 is 11.9 Å². The van der Waals surface area contributed by atoms with Crippen molar-refractivity contribution in [1.82, 2.24) is 9.80 Å². The van der Waals surface area contributed by atoms with Gasteiger partial charge in [0.05, 0.1) is 35.5 Å². The Bertz CT molecular complexity index is 1110. The molecule has 0 N–H and O–H groups in total. The second-order valence-electron chi connectivity index (χ2n) is 7.99. The molecule has 4 amide bonds. The minimum absolute atomic E-state index is 0.0497. The van der Waals surface area contributed by atoms with Gasteiger partial charge in [0.15, 0.2) is 0 Å². The number of amides is 4. The summed E-state index contributed by atoms with van der Waals surface area (Å²) in [5, 5.41) is 0. The van der Waals surface area contributed by atoms with Gasteiger partial charge in [-0.1, -0.05) is 24.3 Å². The van der Waals surface area contributed by atoms with Crippen molar-refractivity contribution in [3.8, 4) is 0 Å². The summed E-state index contributed by atoms with van der Waals surface area (Å²) in [5.74, 6) is -3.08. The molecule has 10 heteroatoms. The Hall–Kier alpha value is -4.60. The van der Waals surface area contributed by atoms with Crippen LogP contribution in [0, 0.1) is 0 Å². The summed E-state index contributed by atoms with van der Waals surface area (Å²) < 4.78 is 9.97. The van der Waals surface area contributed by atoms with Crippen LogP contribution in [0.25, 0.3) is 0 Å². The van der Waals surface area contributed by atoms with Gasteiger partial charge in [0, 0.05) is 25.2 Å². The molecular weight excluding hydrogens is 468 g/mol. The summed E-state index contributed by atoms with van der Waals surface area (Å²) in [7, 11) is 0. The van der Waals surface area contributed by atoms with E-state index in [0.717, 1.165) is 22.0 Å². The molecule has 2 aromatic rings. The van der Waals surface area contributed by atoms with Crippen molar-refractivity contribution in [2.45, 2.75) is 12.8 Å². The number of benzene rings is 2. The van der Waals surface area contributed by atoms with Crippen LogP contribution < -0.4 is 0 Å². The van der Waals surface area contributed by atoms with E-state index in [1.807, 2.05) is 0 Å². The lowest BCUT2D eigenvalue weighted by molar-refractivity contribution is -0.140. The van der Waals surface area contributed by atoms with Crippen LogP contribution in [0.4, 0.5) is 0 Å². The number of hydrogen-bond acceptors (Lipinski definition) is 8. The predicted octanol–water partition coefficient (Wildman–Crippen LogP) is 2.00. The summed E-state index contributed by atoms with van der Waals surface area (Å²) in [4.78, 5) is 74.9. The molecule has 10 nitrogen and oxygen atoms in total. The summed E-state index contributed by atoms with van der Waals surface area (Å²) >= 11 is 0. The molecule has 0 bridgehead atoms. The second kappa shape index (κ2) is 10.8. The van der Waals surface area contributed by atoms with Gasteiger partial charge in [0.1, 0.15) is 0 Å². The zero-order valence-electron chi connectivity index (χ0n) is 19.2. The van der Waals surface area contributed by atoms with Gasteiger partial charge in [0.2, 0.25) is 0 Å². The third-order valence-electron chi connectivity index (χ3n) is 5.65. The number of ether oxygens (including phenoxy) is 2. The molecule has 0 spiro atoms. The van der Waals surface area contributed by atoms with E-state index in [9.17, 15) is 28.8 Å². The Morgan fingerprint density at radius 2 is 0.889 bits per heavy atom. The lowest BCUT2D eigenvalue weighted by Gasteiger charge is -2.13. The minimum atomic E-state index is -0.777. The van der Waals surface area contributed by atoms with Gasteiger partial charge >= 0.3 is 11.9 Å². The van der Waals surface area contributed by atoms with Crippen LogP contribution in [-0.4, -0.2) is 71.7 Å². The minimum Gasteiger partial charge on any atom is -0.462 e. The molecule has 0 aromatic heterocycles. The normalized spacial score (nSPS) is 14.4. The lowest BCUT2D eigenvalue weighted by atomic mass is 10.1. The maximum absolute atomic E-state index is 12.3. The molecule has 0 radical (unpaired) electrons. The number of fused-ring (bicyclic) bond motifs is 2. The average molecular weight is 490 g/mol. The molecule has 2 aromatic carbocycles. The zero-order chi connectivity index (χ0) is 25.7. The van der Waals surface area contributed by atoms with E-state index in [4.69, 9.17) is 9.47 Å². The second-order valence-corrected chi connectivity index (χ2v) is 7.99. The number of nitrogens with zero attached hydrogens (tertiary/aromatic N) is 2. The van der Waals surface area contributed by atoms with Gasteiger partial charge in [-0.3, -0.25) is 29.0 Å². The molecule has 184 valence electrons. The van der Waals surface area contributed by atoms with Crippen LogP contribution in [0.5, 0.6) is 0 Å². The fourth-order valence-corrected chi connectivity index (χ4v) is 3.91. The lowest BCUT2D eigenvalue weighted by Crippen LogP contribution is -2.31. The van der Waals surface area contributed by atoms with E-state index in [1.54, 1.807) is 48.5 Å². The number of imide groups is 2. The van der Waals surface area contributed by atoms with Gasteiger partial charge in [0.25, 0.3) is 23.6 Å². The van der Waals surface area contributed by atoms with Crippen LogP contribution in [-0.2, 0) is 19.1 Å². The first-order valence-corrected chi connectivity index (χ1v) is 11.3. The van der Waals surface area contributed by atoms with Gasteiger partial charge in [-0.05, 0) is 37.1 Å². The first kappa shape index (κ1) is 24.5. The van der Waals surface area contributed by atoms with Crippen LogP contribution in [0.1, 0.15) is 54.3 Å². The van der Waals surface area contributed by atoms with Crippen LogP contribution in [0.2, 0.25) is 0 Å². The molecule has 0 saturated heterocycles. The number of hydrogen-bond donors (Lipinski definition) is 0. The molecule has 0 fully saturated rings. The third-order valence-corrected chi connectivity index (χ3v) is 5.65. The van der Waals surface area contributed by atoms with Crippen molar-refractivity contribution in [3.63, 3.8) is 0 Å². The number of rotatable bonds is 10. The highest BCUT2D eigenvalue weighted by molar-refractivity contribution is 6.22. The van der Waals surface area contributed by atoms with Gasteiger partial charge in [-0.15, -0.1) is 0 Å². The van der Waals surface area contributed by atoms with Gasteiger partial charge < -0.3 is 9.47 Å². The predicted molar refractivity (Wildman–Crippen MR) is 124 cm³/mol. The molecule has 2 aliphatic heterocycles. The third kappa shape index (κ3) is 5.07. The SMILES string of the molecule is O=C(/C=C/C(=O)OCCCN1C(=O)c2ccccc2C1=O)OCCCN1C(=O)c2ccccc2C1=O. The summed E-state index contributed by atoms with van der Waals surface area (Å²) in [6.45, 7) is 0.0921. The summed E-state index contributed by atoms with van der Waals surface area (Å²) in [6, 6.07) is 13.1. The highest BCUT2D eigenvalue weighted by Crippen LogP contribution is 2.23.